The third kappa shape index (κ3) is 3.55. The molecule has 0 radical (unpaired) electrons. The van der Waals surface area contributed by atoms with E-state index in [0.717, 1.165) is 17.3 Å². The summed E-state index contributed by atoms with van der Waals surface area (Å²) in [7, 11) is 0. The molecule has 1 aromatic heterocycles. The molecule has 1 atom stereocenters. The molecule has 1 unspecified atom stereocenters. The summed E-state index contributed by atoms with van der Waals surface area (Å²) in [5.41, 5.74) is 2.28. The Morgan fingerprint density at radius 1 is 1.18 bits per heavy atom. The summed E-state index contributed by atoms with van der Waals surface area (Å²) in [5.74, 6) is 0. The van der Waals surface area contributed by atoms with Crippen molar-refractivity contribution in [2.24, 2.45) is 0 Å². The molecule has 0 aliphatic rings. The lowest BCUT2D eigenvalue weighted by atomic mass is 10.2. The Hall–Kier alpha value is -1.38. The molecule has 0 fully saturated rings. The lowest BCUT2D eigenvalue weighted by Crippen LogP contribution is -2.18. The molecule has 1 N–H and O–H groups in total. The van der Waals surface area contributed by atoms with E-state index in [1.54, 1.807) is 0 Å². The molecule has 1 aromatic carbocycles. The van der Waals surface area contributed by atoms with Gasteiger partial charge in [-0.1, -0.05) is 29.8 Å². The Morgan fingerprint density at radius 2 is 1.94 bits per heavy atom. The molecule has 2 aromatic rings. The Labute approximate surface area is 107 Å². The van der Waals surface area contributed by atoms with E-state index in [2.05, 4.69) is 17.2 Å². The first kappa shape index (κ1) is 12.1. The van der Waals surface area contributed by atoms with Crippen molar-refractivity contribution in [3.05, 3.63) is 64.9 Å². The molecule has 0 aliphatic carbocycles. The summed E-state index contributed by atoms with van der Waals surface area (Å²) in [6.07, 6.45) is 1.82. The fourth-order valence-electron chi connectivity index (χ4n) is 1.61. The fraction of sp³-hybridized carbons (Fsp3) is 0.214. The van der Waals surface area contributed by atoms with Gasteiger partial charge in [0, 0.05) is 23.8 Å². The standard InChI is InChI=1S/C14H15ClN2/c1-11(14-4-2-3-9-16-14)17-10-12-5-7-13(15)8-6-12/h2-9,11,17H,10H2,1H3. The molecular formula is C14H15ClN2. The zero-order valence-electron chi connectivity index (χ0n) is 9.73. The Bertz CT molecular complexity index is 453. The van der Waals surface area contributed by atoms with Crippen LogP contribution in [0.1, 0.15) is 24.2 Å². The number of nitrogens with zero attached hydrogens (tertiary/aromatic N) is 1. The molecular weight excluding hydrogens is 232 g/mol. The van der Waals surface area contributed by atoms with Gasteiger partial charge in [0.05, 0.1) is 5.69 Å². The third-order valence-corrected chi connectivity index (χ3v) is 2.91. The molecule has 0 saturated carbocycles. The van der Waals surface area contributed by atoms with Gasteiger partial charge in [0.15, 0.2) is 0 Å². The van der Waals surface area contributed by atoms with Crippen LogP contribution in [0.4, 0.5) is 0 Å². The van der Waals surface area contributed by atoms with E-state index in [9.17, 15) is 0 Å². The first-order chi connectivity index (χ1) is 8.25. The zero-order chi connectivity index (χ0) is 12.1. The highest BCUT2D eigenvalue weighted by atomic mass is 35.5. The number of halogens is 1. The van der Waals surface area contributed by atoms with Crippen molar-refractivity contribution in [2.75, 3.05) is 0 Å². The van der Waals surface area contributed by atoms with Crippen molar-refractivity contribution in [2.45, 2.75) is 19.5 Å². The van der Waals surface area contributed by atoms with E-state index >= 15 is 0 Å². The molecule has 0 bridgehead atoms. The maximum atomic E-state index is 5.84. The number of hydrogen-bond acceptors (Lipinski definition) is 2. The first-order valence-electron chi connectivity index (χ1n) is 5.64. The third-order valence-electron chi connectivity index (χ3n) is 2.66. The summed E-state index contributed by atoms with van der Waals surface area (Å²) in [6.45, 7) is 2.92. The number of rotatable bonds is 4. The van der Waals surface area contributed by atoms with E-state index in [0.29, 0.717) is 0 Å². The van der Waals surface area contributed by atoms with Gasteiger partial charge in [-0.15, -0.1) is 0 Å². The van der Waals surface area contributed by atoms with E-state index in [1.807, 2.05) is 48.7 Å². The van der Waals surface area contributed by atoms with Crippen LogP contribution in [0.15, 0.2) is 48.7 Å². The van der Waals surface area contributed by atoms with Crippen LogP contribution in [-0.2, 0) is 6.54 Å². The van der Waals surface area contributed by atoms with Gasteiger partial charge in [-0.25, -0.2) is 0 Å². The molecule has 2 nitrogen and oxygen atoms in total. The predicted molar refractivity (Wildman–Crippen MR) is 70.9 cm³/mol. The second-order valence-corrected chi connectivity index (χ2v) is 4.42. The zero-order valence-corrected chi connectivity index (χ0v) is 10.5. The van der Waals surface area contributed by atoms with Gasteiger partial charge in [-0.2, -0.15) is 0 Å². The highest BCUT2D eigenvalue weighted by Crippen LogP contribution is 2.12. The fourth-order valence-corrected chi connectivity index (χ4v) is 1.74. The van der Waals surface area contributed by atoms with Crippen LogP contribution in [0.5, 0.6) is 0 Å². The topological polar surface area (TPSA) is 24.9 Å². The number of aromatic nitrogens is 1. The van der Waals surface area contributed by atoms with Crippen molar-refractivity contribution >= 4 is 11.6 Å². The second kappa shape index (κ2) is 5.80. The molecule has 0 saturated heterocycles. The lowest BCUT2D eigenvalue weighted by Gasteiger charge is -2.13. The van der Waals surface area contributed by atoms with Gasteiger partial charge in [-0.3, -0.25) is 4.98 Å². The number of benzene rings is 1. The predicted octanol–water partition coefficient (Wildman–Crippen LogP) is 3.59. The van der Waals surface area contributed by atoms with Crippen molar-refractivity contribution in [1.29, 1.82) is 0 Å². The molecule has 3 heteroatoms. The van der Waals surface area contributed by atoms with Gasteiger partial charge >= 0.3 is 0 Å². The second-order valence-electron chi connectivity index (χ2n) is 3.98. The van der Waals surface area contributed by atoms with Gasteiger partial charge in [0.1, 0.15) is 0 Å². The van der Waals surface area contributed by atoms with Crippen LogP contribution >= 0.6 is 11.6 Å². The number of nitrogens with one attached hydrogen (secondary N) is 1. The molecule has 0 spiro atoms. The van der Waals surface area contributed by atoms with Crippen LogP contribution in [-0.4, -0.2) is 4.98 Å². The van der Waals surface area contributed by atoms with E-state index in [-0.39, 0.29) is 6.04 Å². The average molecular weight is 247 g/mol. The molecule has 2 rings (SSSR count). The van der Waals surface area contributed by atoms with Crippen LogP contribution in [0.25, 0.3) is 0 Å². The van der Waals surface area contributed by atoms with Crippen molar-refractivity contribution in [3.8, 4) is 0 Å². The monoisotopic (exact) mass is 246 g/mol. The lowest BCUT2D eigenvalue weighted by molar-refractivity contribution is 0.561. The van der Waals surface area contributed by atoms with Crippen LogP contribution < -0.4 is 5.32 Å². The van der Waals surface area contributed by atoms with E-state index in [1.165, 1.54) is 5.56 Å². The normalized spacial score (nSPS) is 12.4. The van der Waals surface area contributed by atoms with E-state index in [4.69, 9.17) is 11.6 Å². The minimum atomic E-state index is 0.242. The van der Waals surface area contributed by atoms with Crippen molar-refractivity contribution < 1.29 is 0 Å². The number of pyridine rings is 1. The molecule has 0 amide bonds. The highest BCUT2D eigenvalue weighted by Gasteiger charge is 2.04. The first-order valence-corrected chi connectivity index (χ1v) is 6.02. The SMILES string of the molecule is CC(NCc1ccc(Cl)cc1)c1ccccn1. The largest absolute Gasteiger partial charge is 0.305 e. The summed E-state index contributed by atoms with van der Waals surface area (Å²) in [6, 6.07) is 14.1. The minimum Gasteiger partial charge on any atom is -0.305 e. The Balaban J connectivity index is 1.92. The summed E-state index contributed by atoms with van der Waals surface area (Å²) >= 11 is 5.84. The smallest absolute Gasteiger partial charge is 0.0570 e. The molecule has 17 heavy (non-hydrogen) atoms. The van der Waals surface area contributed by atoms with Crippen molar-refractivity contribution in [1.82, 2.24) is 10.3 Å². The summed E-state index contributed by atoms with van der Waals surface area (Å²) in [5, 5.41) is 4.20. The van der Waals surface area contributed by atoms with Crippen LogP contribution in [0.3, 0.4) is 0 Å². The molecule has 1 heterocycles. The molecule has 0 aliphatic heterocycles. The van der Waals surface area contributed by atoms with Crippen LogP contribution in [0.2, 0.25) is 5.02 Å². The minimum absolute atomic E-state index is 0.242. The maximum Gasteiger partial charge on any atom is 0.0570 e. The Kier molecular flexibility index (Phi) is 4.13. The summed E-state index contributed by atoms with van der Waals surface area (Å²) in [4.78, 5) is 4.32. The Morgan fingerprint density at radius 3 is 2.59 bits per heavy atom. The van der Waals surface area contributed by atoms with Gasteiger partial charge in [0.25, 0.3) is 0 Å². The maximum absolute atomic E-state index is 5.84. The summed E-state index contributed by atoms with van der Waals surface area (Å²) < 4.78 is 0. The average Bonchev–Trinajstić information content (AvgIpc) is 2.39. The van der Waals surface area contributed by atoms with E-state index < -0.39 is 0 Å². The van der Waals surface area contributed by atoms with Crippen LogP contribution in [0, 0.1) is 0 Å². The van der Waals surface area contributed by atoms with Gasteiger partial charge in [0.2, 0.25) is 0 Å². The number of hydrogen-bond donors (Lipinski definition) is 1. The highest BCUT2D eigenvalue weighted by molar-refractivity contribution is 6.30. The quantitative estimate of drug-likeness (QED) is 0.892. The van der Waals surface area contributed by atoms with Gasteiger partial charge < -0.3 is 5.32 Å². The van der Waals surface area contributed by atoms with Crippen molar-refractivity contribution in [3.63, 3.8) is 0 Å². The van der Waals surface area contributed by atoms with Gasteiger partial charge in [-0.05, 0) is 36.8 Å². The molecule has 88 valence electrons.